The summed E-state index contributed by atoms with van der Waals surface area (Å²) in [6, 6.07) is 0. The van der Waals surface area contributed by atoms with Crippen molar-refractivity contribution in [3.63, 3.8) is 0 Å². The highest BCUT2D eigenvalue weighted by molar-refractivity contribution is 7.92. The van der Waals surface area contributed by atoms with E-state index >= 15 is 0 Å². The predicted octanol–water partition coefficient (Wildman–Crippen LogP) is 0.722. The first kappa shape index (κ1) is 12.4. The van der Waals surface area contributed by atoms with Crippen LogP contribution in [0.25, 0.3) is 0 Å². The van der Waals surface area contributed by atoms with Gasteiger partial charge < -0.3 is 0 Å². The summed E-state index contributed by atoms with van der Waals surface area (Å²) < 4.78 is 46.5. The van der Waals surface area contributed by atoms with Crippen LogP contribution in [-0.2, 0) is 19.7 Å². The summed E-state index contributed by atoms with van der Waals surface area (Å²) in [6.45, 7) is 0. The van der Waals surface area contributed by atoms with E-state index < -0.39 is 19.7 Å². The van der Waals surface area contributed by atoms with E-state index in [1.54, 1.807) is 0 Å². The van der Waals surface area contributed by atoms with Crippen molar-refractivity contribution in [2.75, 3.05) is 23.0 Å². The van der Waals surface area contributed by atoms with Crippen LogP contribution in [0.4, 0.5) is 0 Å². The largest absolute Gasteiger partial charge is 0.228 e. The van der Waals surface area contributed by atoms with Gasteiger partial charge in [0.1, 0.15) is 0 Å². The Bertz CT molecular complexity index is 580. The summed E-state index contributed by atoms with van der Waals surface area (Å²) in [4.78, 5) is 0. The van der Waals surface area contributed by atoms with E-state index in [1.807, 2.05) is 12.2 Å². The highest BCUT2D eigenvalue weighted by Gasteiger charge is 2.36. The van der Waals surface area contributed by atoms with Crippen molar-refractivity contribution < 1.29 is 16.8 Å². The van der Waals surface area contributed by atoms with Crippen LogP contribution in [0, 0.1) is 11.8 Å². The summed E-state index contributed by atoms with van der Waals surface area (Å²) in [7, 11) is -5.85. The van der Waals surface area contributed by atoms with Gasteiger partial charge >= 0.3 is 0 Å². The van der Waals surface area contributed by atoms with Gasteiger partial charge in [-0.1, -0.05) is 23.3 Å². The van der Waals surface area contributed by atoms with Crippen LogP contribution in [-0.4, -0.2) is 39.8 Å². The normalized spacial score (nSPS) is 42.7. The first-order chi connectivity index (χ1) is 8.35. The molecule has 0 bridgehead atoms. The third-order valence-electron chi connectivity index (χ3n) is 4.06. The fourth-order valence-corrected chi connectivity index (χ4v) is 7.05. The number of hydrogen-bond donors (Lipinski definition) is 0. The summed E-state index contributed by atoms with van der Waals surface area (Å²) in [5.74, 6) is 0.930. The van der Waals surface area contributed by atoms with Gasteiger partial charge in [-0.15, -0.1) is 0 Å². The van der Waals surface area contributed by atoms with Crippen LogP contribution in [0.3, 0.4) is 0 Å². The molecule has 2 atom stereocenters. The Balaban J connectivity index is 1.91. The SMILES string of the molecule is O=S1(=O)C/C2=C/CC3CS(=O)(=O)C/C3=C/CC2C1. The number of hydrogen-bond acceptors (Lipinski definition) is 4. The Labute approximate surface area is 108 Å². The van der Waals surface area contributed by atoms with Gasteiger partial charge in [0, 0.05) is 0 Å². The summed E-state index contributed by atoms with van der Waals surface area (Å²) in [6.07, 6.45) is 5.31. The molecule has 0 amide bonds. The molecule has 0 aromatic carbocycles. The Morgan fingerprint density at radius 3 is 1.56 bits per heavy atom. The molecule has 2 aliphatic heterocycles. The second-order valence-corrected chi connectivity index (χ2v) is 9.75. The molecule has 18 heavy (non-hydrogen) atoms. The lowest BCUT2D eigenvalue weighted by molar-refractivity contribution is 0.595. The van der Waals surface area contributed by atoms with Gasteiger partial charge in [0.25, 0.3) is 0 Å². The van der Waals surface area contributed by atoms with Crippen molar-refractivity contribution >= 4 is 19.7 Å². The molecular formula is C12H16O4S2. The minimum atomic E-state index is -2.92. The maximum atomic E-state index is 11.6. The lowest BCUT2D eigenvalue weighted by atomic mass is 9.88. The first-order valence-corrected chi connectivity index (χ1v) is 9.78. The van der Waals surface area contributed by atoms with E-state index in [2.05, 4.69) is 0 Å². The molecule has 0 aromatic rings. The number of sulfone groups is 2. The lowest BCUT2D eigenvalue weighted by Crippen LogP contribution is -2.09. The van der Waals surface area contributed by atoms with E-state index in [9.17, 15) is 16.8 Å². The van der Waals surface area contributed by atoms with E-state index in [0.717, 1.165) is 11.1 Å². The molecule has 3 rings (SSSR count). The molecule has 0 radical (unpaired) electrons. The molecule has 0 N–H and O–H groups in total. The van der Waals surface area contributed by atoms with Crippen molar-refractivity contribution in [2.45, 2.75) is 12.8 Å². The van der Waals surface area contributed by atoms with E-state index in [-0.39, 0.29) is 34.8 Å². The zero-order valence-corrected chi connectivity index (χ0v) is 11.6. The molecule has 4 nitrogen and oxygen atoms in total. The Hall–Kier alpha value is -0.620. The van der Waals surface area contributed by atoms with Gasteiger partial charge in [-0.05, 0) is 24.7 Å². The van der Waals surface area contributed by atoms with Crippen molar-refractivity contribution in [1.29, 1.82) is 0 Å². The monoisotopic (exact) mass is 288 g/mol. The molecule has 0 saturated carbocycles. The second kappa shape index (κ2) is 3.93. The second-order valence-electron chi connectivity index (χ2n) is 5.53. The third-order valence-corrected chi connectivity index (χ3v) is 7.43. The number of fused-ring (bicyclic) bond motifs is 2. The molecule has 0 aromatic heterocycles. The molecule has 1 aliphatic carbocycles. The third kappa shape index (κ3) is 2.28. The zero-order valence-electron chi connectivity index (χ0n) is 10.0. The van der Waals surface area contributed by atoms with Crippen molar-refractivity contribution in [2.24, 2.45) is 11.8 Å². The van der Waals surface area contributed by atoms with Crippen molar-refractivity contribution in [1.82, 2.24) is 0 Å². The Kier molecular flexibility index (Phi) is 2.71. The highest BCUT2D eigenvalue weighted by Crippen LogP contribution is 2.36. The first-order valence-electron chi connectivity index (χ1n) is 6.13. The molecule has 2 fully saturated rings. The standard InChI is InChI=1S/C12H16O4S2/c13-17(14)5-9-1-2-10-6-18(15,16)8-12(10)4-3-11(9)7-17/h1,4,10-11H,2-3,5-8H2/b9-1-,12-4-. The molecule has 6 heteroatoms. The maximum Gasteiger partial charge on any atom is 0.154 e. The van der Waals surface area contributed by atoms with Gasteiger partial charge in [0.15, 0.2) is 19.7 Å². The van der Waals surface area contributed by atoms with Crippen LogP contribution >= 0.6 is 0 Å². The van der Waals surface area contributed by atoms with E-state index in [1.165, 1.54) is 0 Å². The molecule has 2 heterocycles. The Morgan fingerprint density at radius 2 is 1.17 bits per heavy atom. The topological polar surface area (TPSA) is 68.3 Å². The van der Waals surface area contributed by atoms with Crippen LogP contribution < -0.4 is 0 Å². The number of allylic oxidation sites excluding steroid dienone is 2. The van der Waals surface area contributed by atoms with Crippen LogP contribution in [0.5, 0.6) is 0 Å². The van der Waals surface area contributed by atoms with Gasteiger partial charge in [-0.3, -0.25) is 0 Å². The molecule has 0 spiro atoms. The average Bonchev–Trinajstić information content (AvgIpc) is 2.67. The lowest BCUT2D eigenvalue weighted by Gasteiger charge is -2.15. The minimum Gasteiger partial charge on any atom is -0.228 e. The van der Waals surface area contributed by atoms with E-state index in [4.69, 9.17) is 0 Å². The molecule has 2 unspecified atom stereocenters. The molecular weight excluding hydrogens is 272 g/mol. The van der Waals surface area contributed by atoms with Crippen molar-refractivity contribution in [3.05, 3.63) is 23.3 Å². The van der Waals surface area contributed by atoms with Gasteiger partial charge in [-0.25, -0.2) is 16.8 Å². The smallest absolute Gasteiger partial charge is 0.154 e. The summed E-state index contributed by atoms with van der Waals surface area (Å²) in [5.41, 5.74) is 1.99. The van der Waals surface area contributed by atoms with Crippen molar-refractivity contribution in [3.8, 4) is 0 Å². The molecule has 3 aliphatic rings. The average molecular weight is 288 g/mol. The summed E-state index contributed by atoms with van der Waals surface area (Å²) >= 11 is 0. The van der Waals surface area contributed by atoms with Crippen LogP contribution in [0.15, 0.2) is 23.3 Å². The maximum absolute atomic E-state index is 11.6. The summed E-state index contributed by atoms with van der Waals surface area (Å²) in [5, 5.41) is 0. The highest BCUT2D eigenvalue weighted by atomic mass is 32.2. The number of rotatable bonds is 0. The van der Waals surface area contributed by atoms with E-state index in [0.29, 0.717) is 12.8 Å². The fourth-order valence-electron chi connectivity index (χ4n) is 3.17. The Morgan fingerprint density at radius 1 is 0.778 bits per heavy atom. The van der Waals surface area contributed by atoms with Gasteiger partial charge in [0.05, 0.1) is 23.0 Å². The quantitative estimate of drug-likeness (QED) is 0.616. The van der Waals surface area contributed by atoms with Gasteiger partial charge in [-0.2, -0.15) is 0 Å². The fraction of sp³-hybridized carbons (Fsp3) is 0.667. The molecule has 100 valence electrons. The van der Waals surface area contributed by atoms with Crippen LogP contribution in [0.2, 0.25) is 0 Å². The minimum absolute atomic E-state index is 0.0757. The van der Waals surface area contributed by atoms with Gasteiger partial charge in [0.2, 0.25) is 0 Å². The predicted molar refractivity (Wildman–Crippen MR) is 69.7 cm³/mol. The molecule has 2 saturated heterocycles. The van der Waals surface area contributed by atoms with Crippen LogP contribution in [0.1, 0.15) is 12.8 Å². The zero-order chi connectivity index (χ0) is 13.0.